The molecule has 0 bridgehead atoms. The van der Waals surface area contributed by atoms with Crippen LogP contribution in [0.4, 0.5) is 4.79 Å². The number of benzene rings is 2. The standard InChI is InChI=1S/C27H38N2O3/c1-19-7-9-20(10-8-19)21-11-16-25(31-6)22(17-21)18-28-23-12-14-24(15-13-23)29(5)26(30)32-27(2,3)4/h7-11,16-17,23-24,28H,12-15,18H2,1-6H3. The van der Waals surface area contributed by atoms with Crippen molar-refractivity contribution in [3.63, 3.8) is 0 Å². The van der Waals surface area contributed by atoms with E-state index in [4.69, 9.17) is 9.47 Å². The van der Waals surface area contributed by atoms with Gasteiger partial charge in [0.15, 0.2) is 0 Å². The van der Waals surface area contributed by atoms with Gasteiger partial charge in [0, 0.05) is 31.2 Å². The Labute approximate surface area is 193 Å². The van der Waals surface area contributed by atoms with E-state index < -0.39 is 5.60 Å². The molecule has 174 valence electrons. The smallest absolute Gasteiger partial charge is 0.410 e. The summed E-state index contributed by atoms with van der Waals surface area (Å²) in [6.45, 7) is 8.58. The predicted octanol–water partition coefficient (Wildman–Crippen LogP) is 5.94. The van der Waals surface area contributed by atoms with E-state index in [1.165, 1.54) is 22.3 Å². The third kappa shape index (κ3) is 6.49. The lowest BCUT2D eigenvalue weighted by Gasteiger charge is -2.36. The summed E-state index contributed by atoms with van der Waals surface area (Å²) in [5.74, 6) is 0.909. The second-order valence-corrected chi connectivity index (χ2v) is 9.87. The highest BCUT2D eigenvalue weighted by molar-refractivity contribution is 5.68. The largest absolute Gasteiger partial charge is 0.496 e. The molecule has 1 amide bonds. The Kier molecular flexibility index (Phi) is 7.83. The number of rotatable bonds is 6. The van der Waals surface area contributed by atoms with Crippen molar-refractivity contribution in [3.05, 3.63) is 53.6 Å². The van der Waals surface area contributed by atoms with Gasteiger partial charge in [-0.25, -0.2) is 4.79 Å². The second kappa shape index (κ2) is 10.4. The van der Waals surface area contributed by atoms with Gasteiger partial charge in [0.1, 0.15) is 11.4 Å². The van der Waals surface area contributed by atoms with Crippen molar-refractivity contribution in [2.45, 2.75) is 77.6 Å². The third-order valence-electron chi connectivity index (χ3n) is 6.17. The molecule has 0 saturated heterocycles. The van der Waals surface area contributed by atoms with E-state index in [9.17, 15) is 4.79 Å². The summed E-state index contributed by atoms with van der Waals surface area (Å²) in [7, 11) is 3.58. The number of amides is 1. The number of hydrogen-bond acceptors (Lipinski definition) is 4. The molecule has 0 radical (unpaired) electrons. The molecular weight excluding hydrogens is 400 g/mol. The van der Waals surface area contributed by atoms with E-state index in [2.05, 4.69) is 54.7 Å². The molecule has 2 aromatic carbocycles. The van der Waals surface area contributed by atoms with Crippen molar-refractivity contribution in [3.8, 4) is 16.9 Å². The van der Waals surface area contributed by atoms with E-state index in [-0.39, 0.29) is 12.1 Å². The molecule has 0 aliphatic heterocycles. The number of carbonyl (C=O) groups is 1. The Hall–Kier alpha value is -2.53. The number of aryl methyl sites for hydroxylation is 1. The molecule has 0 atom stereocenters. The summed E-state index contributed by atoms with van der Waals surface area (Å²) in [5.41, 5.74) is 4.38. The molecular formula is C27H38N2O3. The first-order chi connectivity index (χ1) is 15.2. The lowest BCUT2D eigenvalue weighted by Crippen LogP contribution is -2.44. The Bertz CT molecular complexity index is 894. The van der Waals surface area contributed by atoms with Crippen LogP contribution < -0.4 is 10.1 Å². The molecule has 1 aliphatic carbocycles. The molecule has 2 aromatic rings. The van der Waals surface area contributed by atoms with Crippen molar-refractivity contribution in [1.29, 1.82) is 0 Å². The Morgan fingerprint density at radius 3 is 2.25 bits per heavy atom. The van der Waals surface area contributed by atoms with Crippen molar-refractivity contribution in [1.82, 2.24) is 10.2 Å². The highest BCUT2D eigenvalue weighted by atomic mass is 16.6. The predicted molar refractivity (Wildman–Crippen MR) is 130 cm³/mol. The van der Waals surface area contributed by atoms with Crippen LogP contribution in [0.3, 0.4) is 0 Å². The molecule has 1 N–H and O–H groups in total. The number of carbonyl (C=O) groups excluding carboxylic acids is 1. The molecule has 0 heterocycles. The summed E-state index contributed by atoms with van der Waals surface area (Å²) < 4.78 is 11.1. The van der Waals surface area contributed by atoms with Gasteiger partial charge in [-0.3, -0.25) is 0 Å². The topological polar surface area (TPSA) is 50.8 Å². The Balaban J connectivity index is 1.56. The number of hydrogen-bond donors (Lipinski definition) is 1. The van der Waals surface area contributed by atoms with Gasteiger partial charge in [-0.2, -0.15) is 0 Å². The van der Waals surface area contributed by atoms with Crippen molar-refractivity contribution >= 4 is 6.09 Å². The van der Waals surface area contributed by atoms with Crippen molar-refractivity contribution in [2.24, 2.45) is 0 Å². The fourth-order valence-corrected chi connectivity index (χ4v) is 4.25. The number of methoxy groups -OCH3 is 1. The van der Waals surface area contributed by atoms with Crippen LogP contribution in [-0.2, 0) is 11.3 Å². The minimum Gasteiger partial charge on any atom is -0.496 e. The van der Waals surface area contributed by atoms with Gasteiger partial charge in [-0.05, 0) is 76.6 Å². The number of ether oxygens (including phenoxy) is 2. The van der Waals surface area contributed by atoms with E-state index in [1.807, 2.05) is 27.8 Å². The highest BCUT2D eigenvalue weighted by Gasteiger charge is 2.29. The minimum atomic E-state index is -0.462. The zero-order chi connectivity index (χ0) is 23.3. The summed E-state index contributed by atoms with van der Waals surface area (Å²) in [4.78, 5) is 14.1. The Morgan fingerprint density at radius 1 is 1.03 bits per heavy atom. The monoisotopic (exact) mass is 438 g/mol. The molecule has 3 rings (SSSR count). The lowest BCUT2D eigenvalue weighted by molar-refractivity contribution is 0.0179. The van der Waals surface area contributed by atoms with Crippen LogP contribution in [0.25, 0.3) is 11.1 Å². The van der Waals surface area contributed by atoms with Crippen LogP contribution in [0.2, 0.25) is 0 Å². The number of nitrogens with one attached hydrogen (secondary N) is 1. The lowest BCUT2D eigenvalue weighted by atomic mass is 9.90. The second-order valence-electron chi connectivity index (χ2n) is 9.87. The van der Waals surface area contributed by atoms with E-state index in [0.29, 0.717) is 6.04 Å². The molecule has 32 heavy (non-hydrogen) atoms. The normalized spacial score (nSPS) is 18.8. The molecule has 5 nitrogen and oxygen atoms in total. The molecule has 0 unspecified atom stereocenters. The van der Waals surface area contributed by atoms with Crippen LogP contribution in [-0.4, -0.2) is 42.8 Å². The van der Waals surface area contributed by atoms with Gasteiger partial charge in [0.05, 0.1) is 7.11 Å². The quantitative estimate of drug-likeness (QED) is 0.606. The van der Waals surface area contributed by atoms with E-state index in [1.54, 1.807) is 12.0 Å². The van der Waals surface area contributed by atoms with Crippen LogP contribution >= 0.6 is 0 Å². The fraction of sp³-hybridized carbons (Fsp3) is 0.519. The zero-order valence-electron chi connectivity index (χ0n) is 20.4. The summed E-state index contributed by atoms with van der Waals surface area (Å²) in [6, 6.07) is 15.7. The summed E-state index contributed by atoms with van der Waals surface area (Å²) >= 11 is 0. The first kappa shape index (κ1) is 24.1. The first-order valence-corrected chi connectivity index (χ1v) is 11.6. The first-order valence-electron chi connectivity index (χ1n) is 11.6. The van der Waals surface area contributed by atoms with Gasteiger partial charge in [0.2, 0.25) is 0 Å². The van der Waals surface area contributed by atoms with E-state index >= 15 is 0 Å². The van der Waals surface area contributed by atoms with Crippen LogP contribution in [0, 0.1) is 6.92 Å². The molecule has 5 heteroatoms. The molecule has 1 fully saturated rings. The van der Waals surface area contributed by atoms with E-state index in [0.717, 1.165) is 38.0 Å². The SMILES string of the molecule is COc1ccc(-c2ccc(C)cc2)cc1CNC1CCC(N(C)C(=O)OC(C)(C)C)CC1. The van der Waals surface area contributed by atoms with Crippen LogP contribution in [0.1, 0.15) is 57.6 Å². The highest BCUT2D eigenvalue weighted by Crippen LogP contribution is 2.28. The van der Waals surface area contributed by atoms with Crippen LogP contribution in [0.15, 0.2) is 42.5 Å². The minimum absolute atomic E-state index is 0.230. The maximum absolute atomic E-state index is 12.4. The fourth-order valence-electron chi connectivity index (χ4n) is 4.25. The van der Waals surface area contributed by atoms with Crippen molar-refractivity contribution < 1.29 is 14.3 Å². The van der Waals surface area contributed by atoms with Gasteiger partial charge in [0.25, 0.3) is 0 Å². The molecule has 0 spiro atoms. The summed E-state index contributed by atoms with van der Waals surface area (Å²) in [6.07, 6.45) is 3.81. The zero-order valence-corrected chi connectivity index (χ0v) is 20.4. The number of nitrogens with zero attached hydrogens (tertiary/aromatic N) is 1. The van der Waals surface area contributed by atoms with Gasteiger partial charge >= 0.3 is 6.09 Å². The summed E-state index contributed by atoms with van der Waals surface area (Å²) in [5, 5.41) is 3.71. The van der Waals surface area contributed by atoms with Crippen LogP contribution in [0.5, 0.6) is 5.75 Å². The molecule has 1 aliphatic rings. The average molecular weight is 439 g/mol. The van der Waals surface area contributed by atoms with Gasteiger partial charge < -0.3 is 19.7 Å². The average Bonchev–Trinajstić information content (AvgIpc) is 2.76. The molecule has 0 aromatic heterocycles. The van der Waals surface area contributed by atoms with Crippen molar-refractivity contribution in [2.75, 3.05) is 14.2 Å². The third-order valence-corrected chi connectivity index (χ3v) is 6.17. The van der Waals surface area contributed by atoms with Gasteiger partial charge in [-0.15, -0.1) is 0 Å². The maximum atomic E-state index is 12.4. The van der Waals surface area contributed by atoms with Gasteiger partial charge in [-0.1, -0.05) is 35.9 Å². The Morgan fingerprint density at radius 2 is 1.66 bits per heavy atom. The molecule has 1 saturated carbocycles. The maximum Gasteiger partial charge on any atom is 0.410 e.